The summed E-state index contributed by atoms with van der Waals surface area (Å²) in [7, 11) is -3.78. The Morgan fingerprint density at radius 3 is 2.39 bits per heavy atom. The van der Waals surface area contributed by atoms with Crippen molar-refractivity contribution in [3.05, 3.63) is 48.4 Å². The highest BCUT2D eigenvalue weighted by molar-refractivity contribution is 7.89. The van der Waals surface area contributed by atoms with Crippen molar-refractivity contribution < 1.29 is 13.5 Å². The smallest absolute Gasteiger partial charge is 0.259 e. The molecule has 2 rings (SSSR count). The Morgan fingerprint density at radius 1 is 1.22 bits per heavy atom. The van der Waals surface area contributed by atoms with Crippen molar-refractivity contribution in [2.75, 3.05) is 6.61 Å². The molecule has 0 radical (unpaired) electrons. The van der Waals surface area contributed by atoms with Gasteiger partial charge in [-0.3, -0.25) is 0 Å². The second-order valence-electron chi connectivity index (χ2n) is 5.86. The van der Waals surface area contributed by atoms with E-state index in [1.54, 1.807) is 4.57 Å². The van der Waals surface area contributed by atoms with E-state index in [9.17, 15) is 13.5 Å². The maximum absolute atomic E-state index is 12.5. The predicted octanol–water partition coefficient (Wildman–Crippen LogP) is 1.91. The Bertz CT molecular complexity index is 726. The van der Waals surface area contributed by atoms with Crippen LogP contribution in [0.4, 0.5) is 0 Å². The van der Waals surface area contributed by atoms with Crippen LogP contribution in [0.15, 0.2) is 47.9 Å². The second kappa shape index (κ2) is 7.25. The third-order valence-electron chi connectivity index (χ3n) is 3.88. The van der Waals surface area contributed by atoms with Crippen molar-refractivity contribution in [2.24, 2.45) is 0 Å². The summed E-state index contributed by atoms with van der Waals surface area (Å²) in [4.78, 5) is 3.96. The van der Waals surface area contributed by atoms with Gasteiger partial charge in [0.25, 0.3) is 10.0 Å². The summed E-state index contributed by atoms with van der Waals surface area (Å²) in [6.07, 6.45) is 2.99. The number of sulfonamides is 1. The van der Waals surface area contributed by atoms with Crippen LogP contribution in [0.2, 0.25) is 0 Å². The molecule has 0 spiro atoms. The van der Waals surface area contributed by atoms with Crippen molar-refractivity contribution in [3.8, 4) is 0 Å². The third-order valence-corrected chi connectivity index (χ3v) is 5.26. The summed E-state index contributed by atoms with van der Waals surface area (Å²) in [5.41, 5.74) is 0.960. The first-order chi connectivity index (χ1) is 10.8. The first-order valence-corrected chi connectivity index (χ1v) is 9.05. The lowest BCUT2D eigenvalue weighted by Gasteiger charge is -2.23. The molecule has 1 heterocycles. The Hall–Kier alpha value is -1.70. The Kier molecular flexibility index (Phi) is 5.56. The number of aromatic nitrogens is 2. The van der Waals surface area contributed by atoms with Gasteiger partial charge < -0.3 is 9.67 Å². The van der Waals surface area contributed by atoms with Crippen LogP contribution in [0.1, 0.15) is 38.3 Å². The minimum absolute atomic E-state index is 0.0371. The number of hydrogen-bond donors (Lipinski definition) is 2. The minimum Gasteiger partial charge on any atom is -0.395 e. The summed E-state index contributed by atoms with van der Waals surface area (Å²) in [5, 5.41) is 9.57. The fraction of sp³-hybridized carbons (Fsp3) is 0.438. The van der Waals surface area contributed by atoms with E-state index in [-0.39, 0.29) is 23.6 Å². The van der Waals surface area contributed by atoms with Gasteiger partial charge >= 0.3 is 0 Å². The molecule has 6 nitrogen and oxygen atoms in total. The largest absolute Gasteiger partial charge is 0.395 e. The number of aliphatic hydroxyl groups excluding tert-OH is 1. The minimum atomic E-state index is -3.78. The van der Waals surface area contributed by atoms with Crippen LogP contribution >= 0.6 is 0 Å². The topological polar surface area (TPSA) is 84.2 Å². The van der Waals surface area contributed by atoms with Crippen molar-refractivity contribution >= 4 is 10.0 Å². The van der Waals surface area contributed by atoms with E-state index in [1.165, 1.54) is 12.5 Å². The molecule has 0 aliphatic carbocycles. The summed E-state index contributed by atoms with van der Waals surface area (Å²) in [6.45, 7) is 5.48. The van der Waals surface area contributed by atoms with Gasteiger partial charge in [-0.15, -0.1) is 0 Å². The van der Waals surface area contributed by atoms with Crippen LogP contribution in [0.3, 0.4) is 0 Å². The van der Waals surface area contributed by atoms with Crippen LogP contribution in [0.5, 0.6) is 0 Å². The average Bonchev–Trinajstić information content (AvgIpc) is 3.04. The van der Waals surface area contributed by atoms with E-state index in [0.717, 1.165) is 5.56 Å². The molecule has 0 aliphatic rings. The van der Waals surface area contributed by atoms with E-state index in [4.69, 9.17) is 0 Å². The van der Waals surface area contributed by atoms with E-state index in [0.29, 0.717) is 0 Å². The van der Waals surface area contributed by atoms with Gasteiger partial charge in [0, 0.05) is 12.2 Å². The lowest BCUT2D eigenvalue weighted by molar-refractivity contribution is 0.242. The molecule has 0 amide bonds. The van der Waals surface area contributed by atoms with Crippen molar-refractivity contribution in [1.82, 2.24) is 14.3 Å². The highest BCUT2D eigenvalue weighted by Gasteiger charge is 2.26. The summed E-state index contributed by atoms with van der Waals surface area (Å²) in [5.74, 6) is -0.164. The lowest BCUT2D eigenvalue weighted by Crippen LogP contribution is -2.41. The number of aliphatic hydroxyl groups is 1. The number of rotatable bonds is 7. The van der Waals surface area contributed by atoms with Crippen molar-refractivity contribution in [3.63, 3.8) is 0 Å². The number of benzene rings is 1. The van der Waals surface area contributed by atoms with Gasteiger partial charge in [0.05, 0.1) is 19.0 Å². The third kappa shape index (κ3) is 4.19. The number of imidazole rings is 1. The van der Waals surface area contributed by atoms with Gasteiger partial charge in [-0.25, -0.2) is 18.1 Å². The molecule has 0 fully saturated rings. The molecule has 23 heavy (non-hydrogen) atoms. The molecule has 126 valence electrons. The van der Waals surface area contributed by atoms with Crippen LogP contribution in [0.25, 0.3) is 0 Å². The fourth-order valence-corrected chi connectivity index (χ4v) is 3.53. The summed E-state index contributed by atoms with van der Waals surface area (Å²) in [6, 6.07) is 9.00. The van der Waals surface area contributed by atoms with Crippen molar-refractivity contribution in [1.29, 1.82) is 0 Å². The van der Waals surface area contributed by atoms with E-state index in [2.05, 4.69) is 9.71 Å². The molecule has 2 unspecified atom stereocenters. The summed E-state index contributed by atoms with van der Waals surface area (Å²) < 4.78 is 29.2. The first-order valence-electron chi connectivity index (χ1n) is 7.56. The zero-order chi connectivity index (χ0) is 17.0. The molecular formula is C16H23N3O3S. The maximum Gasteiger partial charge on any atom is 0.259 e. The van der Waals surface area contributed by atoms with Crippen LogP contribution in [-0.4, -0.2) is 35.7 Å². The zero-order valence-electron chi connectivity index (χ0n) is 13.5. The van der Waals surface area contributed by atoms with Crippen LogP contribution in [-0.2, 0) is 10.0 Å². The number of hydrogen-bond acceptors (Lipinski definition) is 4. The molecule has 1 aromatic heterocycles. The number of nitrogens with zero attached hydrogens (tertiary/aromatic N) is 2. The van der Waals surface area contributed by atoms with Gasteiger partial charge in [0.15, 0.2) is 5.03 Å². The van der Waals surface area contributed by atoms with Crippen molar-refractivity contribution in [2.45, 2.75) is 43.8 Å². The molecule has 7 heteroatoms. The maximum atomic E-state index is 12.5. The Balaban J connectivity index is 2.19. The SMILES string of the molecule is CC(c1ccccc1)C(CO)NS(=O)(=O)c1cn(C(C)C)cn1. The second-order valence-corrected chi connectivity index (χ2v) is 7.52. The predicted molar refractivity (Wildman–Crippen MR) is 88.7 cm³/mol. The van der Waals surface area contributed by atoms with Crippen LogP contribution < -0.4 is 4.72 Å². The lowest BCUT2D eigenvalue weighted by atomic mass is 9.94. The molecule has 1 aromatic carbocycles. The first kappa shape index (κ1) is 17.7. The molecule has 0 saturated carbocycles. The van der Waals surface area contributed by atoms with Gasteiger partial charge in [0.2, 0.25) is 0 Å². The molecule has 0 aliphatic heterocycles. The van der Waals surface area contributed by atoms with E-state index < -0.39 is 16.1 Å². The number of nitrogens with one attached hydrogen (secondary N) is 1. The highest BCUT2D eigenvalue weighted by Crippen LogP contribution is 2.20. The summed E-state index contributed by atoms with van der Waals surface area (Å²) >= 11 is 0. The molecule has 2 N–H and O–H groups in total. The highest BCUT2D eigenvalue weighted by atomic mass is 32.2. The standard InChI is InChI=1S/C16H23N3O3S/c1-12(2)19-9-16(17-11-19)23(21,22)18-15(10-20)13(3)14-7-5-4-6-8-14/h4-9,11-13,15,18,20H,10H2,1-3H3. The van der Waals surface area contributed by atoms with Gasteiger partial charge in [-0.05, 0) is 25.3 Å². The van der Waals surface area contributed by atoms with E-state index in [1.807, 2.05) is 51.1 Å². The van der Waals surface area contributed by atoms with Gasteiger partial charge in [-0.1, -0.05) is 37.3 Å². The molecule has 2 atom stereocenters. The van der Waals surface area contributed by atoms with Crippen LogP contribution in [0, 0.1) is 0 Å². The van der Waals surface area contributed by atoms with Gasteiger partial charge in [-0.2, -0.15) is 0 Å². The quantitative estimate of drug-likeness (QED) is 0.808. The molecule has 0 saturated heterocycles. The normalized spacial score (nSPS) is 14.8. The monoisotopic (exact) mass is 337 g/mol. The molecular weight excluding hydrogens is 314 g/mol. The van der Waals surface area contributed by atoms with Gasteiger partial charge in [0.1, 0.15) is 0 Å². The fourth-order valence-electron chi connectivity index (χ4n) is 2.28. The molecule has 0 bridgehead atoms. The molecule has 2 aromatic rings. The van der Waals surface area contributed by atoms with E-state index >= 15 is 0 Å². The average molecular weight is 337 g/mol. The Labute approximate surface area is 137 Å². The zero-order valence-corrected chi connectivity index (χ0v) is 14.4. The Morgan fingerprint density at radius 2 is 1.87 bits per heavy atom.